The van der Waals surface area contributed by atoms with Crippen LogP contribution in [0, 0.1) is 0 Å². The van der Waals surface area contributed by atoms with Gasteiger partial charge in [0.1, 0.15) is 0 Å². The van der Waals surface area contributed by atoms with Crippen molar-refractivity contribution in [3.05, 3.63) is 24.0 Å². The van der Waals surface area contributed by atoms with Gasteiger partial charge < -0.3 is 15.7 Å². The number of hydrogen-bond donors (Lipinski definition) is 2. The van der Waals surface area contributed by atoms with Gasteiger partial charge in [-0.2, -0.15) is 0 Å². The van der Waals surface area contributed by atoms with Crippen molar-refractivity contribution in [1.82, 2.24) is 4.90 Å². The average Bonchev–Trinajstić information content (AvgIpc) is 1.83. The molecular weight excluding hydrogens is 116 g/mol. The number of rotatable bonds is 0. The Kier molecular flexibility index (Phi) is 1.44. The first kappa shape index (κ1) is 6.16. The lowest BCUT2D eigenvalue weighted by Crippen LogP contribution is -2.33. The zero-order valence-corrected chi connectivity index (χ0v) is 5.28. The highest BCUT2D eigenvalue weighted by Gasteiger charge is 2.11. The van der Waals surface area contributed by atoms with Crippen molar-refractivity contribution in [3.8, 4) is 0 Å². The van der Waals surface area contributed by atoms with E-state index in [0.29, 0.717) is 5.70 Å². The van der Waals surface area contributed by atoms with Crippen LogP contribution < -0.4 is 5.73 Å². The van der Waals surface area contributed by atoms with Gasteiger partial charge in [0.25, 0.3) is 0 Å². The minimum absolute atomic E-state index is 0.486. The van der Waals surface area contributed by atoms with E-state index in [1.165, 1.54) is 0 Å². The molecule has 9 heavy (non-hydrogen) atoms. The van der Waals surface area contributed by atoms with Crippen molar-refractivity contribution in [2.75, 3.05) is 7.05 Å². The van der Waals surface area contributed by atoms with E-state index in [9.17, 15) is 0 Å². The quantitative estimate of drug-likeness (QED) is 0.464. The maximum Gasteiger partial charge on any atom is 0.167 e. The van der Waals surface area contributed by atoms with Crippen molar-refractivity contribution in [2.45, 2.75) is 6.23 Å². The molecule has 1 heterocycles. The zero-order valence-electron chi connectivity index (χ0n) is 5.28. The fraction of sp³-hybridized carbons (Fsp3) is 0.333. The minimum atomic E-state index is -0.644. The Labute approximate surface area is 54.1 Å². The molecule has 0 fully saturated rings. The molecule has 0 radical (unpaired) electrons. The summed E-state index contributed by atoms with van der Waals surface area (Å²) in [6, 6.07) is 0. The lowest BCUT2D eigenvalue weighted by Gasteiger charge is -2.24. The molecule has 3 nitrogen and oxygen atoms in total. The highest BCUT2D eigenvalue weighted by molar-refractivity contribution is 5.17. The molecule has 0 aromatic rings. The second-order valence-electron chi connectivity index (χ2n) is 2.05. The van der Waals surface area contributed by atoms with Gasteiger partial charge in [0.05, 0.1) is 5.70 Å². The van der Waals surface area contributed by atoms with Crippen molar-refractivity contribution >= 4 is 0 Å². The number of nitrogens with zero attached hydrogens (tertiary/aromatic N) is 1. The summed E-state index contributed by atoms with van der Waals surface area (Å²) in [5.74, 6) is 0. The van der Waals surface area contributed by atoms with Crippen LogP contribution >= 0.6 is 0 Å². The van der Waals surface area contributed by atoms with Crippen LogP contribution in [0.25, 0.3) is 0 Å². The van der Waals surface area contributed by atoms with Gasteiger partial charge in [0.15, 0.2) is 6.23 Å². The first-order chi connectivity index (χ1) is 4.22. The number of likely N-dealkylation sites (N-methyl/N-ethyl adjacent to an activating group) is 1. The van der Waals surface area contributed by atoms with E-state index in [-0.39, 0.29) is 0 Å². The van der Waals surface area contributed by atoms with Crippen LogP contribution in [0.1, 0.15) is 0 Å². The van der Waals surface area contributed by atoms with Crippen LogP contribution in [0.3, 0.4) is 0 Å². The highest BCUT2D eigenvalue weighted by Crippen LogP contribution is 2.05. The molecule has 3 heteroatoms. The largest absolute Gasteiger partial charge is 0.398 e. The third kappa shape index (κ3) is 1.05. The Balaban J connectivity index is 2.73. The van der Waals surface area contributed by atoms with E-state index < -0.39 is 6.23 Å². The molecule has 1 atom stereocenters. The Hall–Kier alpha value is -0.960. The van der Waals surface area contributed by atoms with E-state index in [1.54, 1.807) is 30.3 Å². The van der Waals surface area contributed by atoms with Crippen molar-refractivity contribution < 1.29 is 5.11 Å². The van der Waals surface area contributed by atoms with Crippen LogP contribution in [0.5, 0.6) is 0 Å². The molecule has 1 unspecified atom stereocenters. The second kappa shape index (κ2) is 2.11. The number of aliphatic hydroxyl groups excluding tert-OH is 1. The van der Waals surface area contributed by atoms with Crippen LogP contribution in [0.15, 0.2) is 24.0 Å². The van der Waals surface area contributed by atoms with E-state index >= 15 is 0 Å². The number of nitrogens with two attached hydrogens (primary N) is 1. The molecule has 50 valence electrons. The molecule has 0 amide bonds. The zero-order chi connectivity index (χ0) is 6.85. The van der Waals surface area contributed by atoms with Gasteiger partial charge in [0, 0.05) is 13.2 Å². The summed E-state index contributed by atoms with van der Waals surface area (Å²) in [5.41, 5.74) is 5.87. The van der Waals surface area contributed by atoms with Gasteiger partial charge in [-0.05, 0) is 12.2 Å². The highest BCUT2D eigenvalue weighted by atomic mass is 16.3. The lowest BCUT2D eigenvalue weighted by molar-refractivity contribution is 0.0846. The summed E-state index contributed by atoms with van der Waals surface area (Å²) >= 11 is 0. The van der Waals surface area contributed by atoms with Crippen LogP contribution in [0.2, 0.25) is 0 Å². The SMILES string of the molecule is CN1C=CC=C(N)C1O. The van der Waals surface area contributed by atoms with Crippen LogP contribution in [-0.4, -0.2) is 23.3 Å². The summed E-state index contributed by atoms with van der Waals surface area (Å²) < 4.78 is 0. The number of aliphatic hydroxyl groups is 1. The fourth-order valence-electron chi connectivity index (χ4n) is 0.693. The molecule has 0 aliphatic carbocycles. The van der Waals surface area contributed by atoms with E-state index in [4.69, 9.17) is 10.8 Å². The Morgan fingerprint density at radius 3 is 2.89 bits per heavy atom. The lowest BCUT2D eigenvalue weighted by atomic mass is 10.3. The van der Waals surface area contributed by atoms with Crippen molar-refractivity contribution in [3.63, 3.8) is 0 Å². The van der Waals surface area contributed by atoms with Gasteiger partial charge in [-0.1, -0.05) is 0 Å². The molecule has 1 rings (SSSR count). The Bertz CT molecular complexity index is 162. The van der Waals surface area contributed by atoms with Gasteiger partial charge in [-0.15, -0.1) is 0 Å². The molecule has 0 aromatic carbocycles. The number of allylic oxidation sites excluding steroid dienone is 2. The van der Waals surface area contributed by atoms with E-state index in [2.05, 4.69) is 0 Å². The molecule has 0 saturated carbocycles. The molecule has 0 spiro atoms. The summed E-state index contributed by atoms with van der Waals surface area (Å²) in [5, 5.41) is 9.13. The summed E-state index contributed by atoms with van der Waals surface area (Å²) in [6.07, 6.45) is 4.60. The predicted molar refractivity (Wildman–Crippen MR) is 35.2 cm³/mol. The first-order valence-electron chi connectivity index (χ1n) is 2.75. The Morgan fingerprint density at radius 1 is 1.78 bits per heavy atom. The molecule has 3 N–H and O–H groups in total. The van der Waals surface area contributed by atoms with Crippen LogP contribution in [0.4, 0.5) is 0 Å². The van der Waals surface area contributed by atoms with Crippen LogP contribution in [-0.2, 0) is 0 Å². The molecular formula is C6H10N2O. The molecule has 0 aromatic heterocycles. The van der Waals surface area contributed by atoms with Gasteiger partial charge in [-0.25, -0.2) is 0 Å². The third-order valence-electron chi connectivity index (χ3n) is 1.29. The van der Waals surface area contributed by atoms with Crippen molar-refractivity contribution in [2.24, 2.45) is 5.73 Å². The molecule has 0 bridgehead atoms. The van der Waals surface area contributed by atoms with Gasteiger partial charge in [-0.3, -0.25) is 0 Å². The maximum absolute atomic E-state index is 9.13. The van der Waals surface area contributed by atoms with Gasteiger partial charge >= 0.3 is 0 Å². The smallest absolute Gasteiger partial charge is 0.167 e. The molecule has 0 saturated heterocycles. The predicted octanol–water partition coefficient (Wildman–Crippen LogP) is -0.394. The number of hydrogen-bond acceptors (Lipinski definition) is 3. The summed E-state index contributed by atoms with van der Waals surface area (Å²) in [7, 11) is 1.76. The monoisotopic (exact) mass is 126 g/mol. The average molecular weight is 126 g/mol. The Morgan fingerprint density at radius 2 is 2.44 bits per heavy atom. The maximum atomic E-state index is 9.13. The summed E-state index contributed by atoms with van der Waals surface area (Å²) in [4.78, 5) is 1.63. The minimum Gasteiger partial charge on any atom is -0.398 e. The fourth-order valence-corrected chi connectivity index (χ4v) is 0.693. The van der Waals surface area contributed by atoms with Gasteiger partial charge in [0.2, 0.25) is 0 Å². The molecule has 1 aliphatic rings. The third-order valence-corrected chi connectivity index (χ3v) is 1.29. The van der Waals surface area contributed by atoms with Crippen molar-refractivity contribution in [1.29, 1.82) is 0 Å². The van der Waals surface area contributed by atoms with E-state index in [0.717, 1.165) is 0 Å². The normalized spacial score (nSPS) is 26.2. The molecule has 1 aliphatic heterocycles. The first-order valence-corrected chi connectivity index (χ1v) is 2.75. The summed E-state index contributed by atoms with van der Waals surface area (Å²) in [6.45, 7) is 0. The second-order valence-corrected chi connectivity index (χ2v) is 2.05. The standard InChI is InChI=1S/C6H10N2O/c1-8-4-2-3-5(7)6(8)9/h2-4,6,9H,7H2,1H3. The topological polar surface area (TPSA) is 49.5 Å². The van der Waals surface area contributed by atoms with E-state index in [1.807, 2.05) is 0 Å².